The number of nitrogens with two attached hydrogens (primary N) is 1. The summed E-state index contributed by atoms with van der Waals surface area (Å²) in [6.07, 6.45) is 2.28. The first-order chi connectivity index (χ1) is 6.69. The molecule has 0 aromatic heterocycles. The van der Waals surface area contributed by atoms with E-state index in [0.29, 0.717) is 12.1 Å². The highest BCUT2D eigenvalue weighted by Crippen LogP contribution is 2.27. The van der Waals surface area contributed by atoms with Gasteiger partial charge < -0.3 is 15.6 Å². The average Bonchev–Trinajstić information content (AvgIpc) is 2.19. The molecule has 4 heteroatoms. The quantitative estimate of drug-likeness (QED) is 0.432. The maximum atomic E-state index is 9.52. The lowest BCUT2D eigenvalue weighted by molar-refractivity contribution is 0.257. The highest BCUT2D eigenvalue weighted by molar-refractivity contribution is 5.57. The predicted molar refractivity (Wildman–Crippen MR) is 52.3 cm³/mol. The number of ether oxygens (including phenoxy) is 1. The average molecular weight is 192 g/mol. The van der Waals surface area contributed by atoms with Crippen molar-refractivity contribution in [3.8, 4) is 12.0 Å². The molecular formula is C10H12N2O2. The first kappa shape index (κ1) is 10.2. The van der Waals surface area contributed by atoms with Crippen LogP contribution in [-0.2, 0) is 17.8 Å². The molecule has 74 valence electrons. The van der Waals surface area contributed by atoms with Crippen LogP contribution < -0.4 is 5.73 Å². The molecule has 3 N–H and O–H groups in total. The lowest BCUT2D eigenvalue weighted by Gasteiger charge is -2.07. The number of hydrogen-bond donors (Lipinski definition) is 2. The van der Waals surface area contributed by atoms with Crippen molar-refractivity contribution >= 4 is 5.69 Å². The molecule has 0 bridgehead atoms. The molecule has 14 heavy (non-hydrogen) atoms. The molecule has 0 amide bonds. The van der Waals surface area contributed by atoms with Crippen molar-refractivity contribution < 1.29 is 9.84 Å². The Morgan fingerprint density at radius 3 is 2.86 bits per heavy atom. The summed E-state index contributed by atoms with van der Waals surface area (Å²) < 4.78 is 4.58. The number of benzene rings is 1. The number of aryl methyl sites for hydroxylation is 1. The number of nitrogens with zero attached hydrogens (tertiary/aromatic N) is 1. The van der Waals surface area contributed by atoms with Crippen molar-refractivity contribution in [1.29, 1.82) is 5.26 Å². The van der Waals surface area contributed by atoms with Gasteiger partial charge in [-0.15, -0.1) is 0 Å². The van der Waals surface area contributed by atoms with E-state index in [2.05, 4.69) is 4.74 Å². The second kappa shape index (κ2) is 4.38. The van der Waals surface area contributed by atoms with Gasteiger partial charge in [0, 0.05) is 0 Å². The van der Waals surface area contributed by atoms with Crippen LogP contribution in [0, 0.1) is 11.5 Å². The van der Waals surface area contributed by atoms with Crippen LogP contribution in [0.25, 0.3) is 0 Å². The Hall–Kier alpha value is -1.89. The van der Waals surface area contributed by atoms with E-state index in [1.54, 1.807) is 18.4 Å². The molecule has 4 nitrogen and oxygen atoms in total. The van der Waals surface area contributed by atoms with E-state index in [9.17, 15) is 5.11 Å². The Balaban J connectivity index is 2.98. The molecular weight excluding hydrogens is 180 g/mol. The molecule has 1 rings (SSSR count). The molecule has 0 unspecified atom stereocenters. The van der Waals surface area contributed by atoms with Crippen molar-refractivity contribution in [3.05, 3.63) is 23.3 Å². The number of rotatable bonds is 3. The summed E-state index contributed by atoms with van der Waals surface area (Å²) in [6, 6.07) is 3.38. The number of nitriles is 1. The standard InChI is InChI=1S/C10H12N2O2/c1-2-8-3-7(5-14-6-11)4-9(12)10(8)13/h3-4,13H,2,5,12H2,1H3. The molecule has 0 aliphatic carbocycles. The normalized spacial score (nSPS) is 9.43. The van der Waals surface area contributed by atoms with Gasteiger partial charge >= 0.3 is 0 Å². The lowest BCUT2D eigenvalue weighted by Crippen LogP contribution is -1.95. The summed E-state index contributed by atoms with van der Waals surface area (Å²) >= 11 is 0. The van der Waals surface area contributed by atoms with Gasteiger partial charge in [0.25, 0.3) is 6.26 Å². The Morgan fingerprint density at radius 1 is 1.57 bits per heavy atom. The van der Waals surface area contributed by atoms with E-state index in [4.69, 9.17) is 11.0 Å². The van der Waals surface area contributed by atoms with E-state index < -0.39 is 0 Å². The second-order valence-electron chi connectivity index (χ2n) is 2.93. The van der Waals surface area contributed by atoms with E-state index >= 15 is 0 Å². The smallest absolute Gasteiger partial charge is 0.286 e. The highest BCUT2D eigenvalue weighted by Gasteiger charge is 2.06. The van der Waals surface area contributed by atoms with Gasteiger partial charge in [-0.3, -0.25) is 0 Å². The van der Waals surface area contributed by atoms with E-state index in [1.165, 1.54) is 0 Å². The summed E-state index contributed by atoms with van der Waals surface area (Å²) in [6.45, 7) is 2.11. The summed E-state index contributed by atoms with van der Waals surface area (Å²) in [5.41, 5.74) is 7.46. The third-order valence-corrected chi connectivity index (χ3v) is 1.96. The van der Waals surface area contributed by atoms with Crippen LogP contribution in [-0.4, -0.2) is 5.11 Å². The maximum absolute atomic E-state index is 9.52. The number of phenols is 1. The Bertz CT molecular complexity index is 369. The highest BCUT2D eigenvalue weighted by atomic mass is 16.5. The Morgan fingerprint density at radius 2 is 2.29 bits per heavy atom. The first-order valence-electron chi connectivity index (χ1n) is 4.30. The molecule has 0 spiro atoms. The SMILES string of the molecule is CCc1cc(COC#N)cc(N)c1O. The predicted octanol–water partition coefficient (Wildman–Crippen LogP) is 1.53. The van der Waals surface area contributed by atoms with Crippen molar-refractivity contribution in [2.45, 2.75) is 20.0 Å². The Labute approximate surface area is 82.5 Å². The summed E-state index contributed by atoms with van der Waals surface area (Å²) in [5, 5.41) is 17.7. The fourth-order valence-electron chi connectivity index (χ4n) is 1.26. The fraction of sp³-hybridized carbons (Fsp3) is 0.300. The zero-order valence-electron chi connectivity index (χ0n) is 7.95. The molecule has 1 aromatic carbocycles. The van der Waals surface area contributed by atoms with E-state index in [-0.39, 0.29) is 12.4 Å². The van der Waals surface area contributed by atoms with Gasteiger partial charge in [-0.05, 0) is 29.7 Å². The minimum absolute atomic E-state index is 0.119. The summed E-state index contributed by atoms with van der Waals surface area (Å²) in [4.78, 5) is 0. The second-order valence-corrected chi connectivity index (χ2v) is 2.93. The van der Waals surface area contributed by atoms with Gasteiger partial charge in [0.15, 0.2) is 0 Å². The minimum Gasteiger partial charge on any atom is -0.506 e. The van der Waals surface area contributed by atoms with Gasteiger partial charge in [0.1, 0.15) is 12.4 Å². The molecule has 0 radical (unpaired) electrons. The van der Waals surface area contributed by atoms with Crippen molar-refractivity contribution in [3.63, 3.8) is 0 Å². The van der Waals surface area contributed by atoms with Crippen LogP contribution in [0.1, 0.15) is 18.1 Å². The zero-order chi connectivity index (χ0) is 10.6. The first-order valence-corrected chi connectivity index (χ1v) is 4.30. The summed E-state index contributed by atoms with van der Waals surface area (Å²) in [5.74, 6) is 0.119. The minimum atomic E-state index is 0.119. The molecule has 0 atom stereocenters. The number of anilines is 1. The van der Waals surface area contributed by atoms with Crippen molar-refractivity contribution in [2.75, 3.05) is 5.73 Å². The zero-order valence-corrected chi connectivity index (χ0v) is 7.95. The molecule has 0 heterocycles. The van der Waals surface area contributed by atoms with Gasteiger partial charge in [-0.25, -0.2) is 0 Å². The molecule has 0 saturated carbocycles. The fourth-order valence-corrected chi connectivity index (χ4v) is 1.26. The van der Waals surface area contributed by atoms with E-state index in [0.717, 1.165) is 11.1 Å². The van der Waals surface area contributed by atoms with Gasteiger partial charge in [0.2, 0.25) is 0 Å². The van der Waals surface area contributed by atoms with Crippen molar-refractivity contribution in [1.82, 2.24) is 0 Å². The van der Waals surface area contributed by atoms with Gasteiger partial charge in [-0.2, -0.15) is 5.26 Å². The monoisotopic (exact) mass is 192 g/mol. The van der Waals surface area contributed by atoms with Gasteiger partial charge in [0.05, 0.1) is 5.69 Å². The third kappa shape index (κ3) is 2.07. The van der Waals surface area contributed by atoms with Crippen molar-refractivity contribution in [2.24, 2.45) is 0 Å². The third-order valence-electron chi connectivity index (χ3n) is 1.96. The molecule has 0 fully saturated rings. The Kier molecular flexibility index (Phi) is 3.19. The number of phenolic OH excluding ortho intramolecular Hbond substituents is 1. The maximum Gasteiger partial charge on any atom is 0.286 e. The van der Waals surface area contributed by atoms with Crippen LogP contribution >= 0.6 is 0 Å². The lowest BCUT2D eigenvalue weighted by atomic mass is 10.1. The van der Waals surface area contributed by atoms with E-state index in [1.807, 2.05) is 6.92 Å². The molecule has 0 aliphatic heterocycles. The largest absolute Gasteiger partial charge is 0.506 e. The number of hydrogen-bond acceptors (Lipinski definition) is 4. The topological polar surface area (TPSA) is 79.3 Å². The molecule has 0 aliphatic rings. The van der Waals surface area contributed by atoms with Crippen LogP contribution in [0.2, 0.25) is 0 Å². The number of nitrogen functional groups attached to an aromatic ring is 1. The summed E-state index contributed by atoms with van der Waals surface area (Å²) in [7, 11) is 0. The molecule has 1 aromatic rings. The van der Waals surface area contributed by atoms with Gasteiger partial charge in [-0.1, -0.05) is 6.92 Å². The number of aromatic hydroxyl groups is 1. The van der Waals surface area contributed by atoms with Crippen LogP contribution in [0.15, 0.2) is 12.1 Å². The van der Waals surface area contributed by atoms with Crippen LogP contribution in [0.4, 0.5) is 5.69 Å². The van der Waals surface area contributed by atoms with Crippen LogP contribution in [0.3, 0.4) is 0 Å². The molecule has 0 saturated heterocycles. The van der Waals surface area contributed by atoms with Crippen LogP contribution in [0.5, 0.6) is 5.75 Å².